The Hall–Kier alpha value is -2.53. The molecule has 0 atom stereocenters. The molecule has 2 fully saturated rings. The van der Waals surface area contributed by atoms with Gasteiger partial charge in [0.05, 0.1) is 11.4 Å². The van der Waals surface area contributed by atoms with Gasteiger partial charge in [0.1, 0.15) is 0 Å². The number of carbonyl (C=O) groups excluding carboxylic acids is 1. The lowest BCUT2D eigenvalue weighted by Crippen LogP contribution is -2.49. The highest BCUT2D eigenvalue weighted by Gasteiger charge is 2.25. The number of piperazine rings is 1. The van der Waals surface area contributed by atoms with Gasteiger partial charge in [-0.15, -0.1) is 0 Å². The van der Waals surface area contributed by atoms with Gasteiger partial charge in [0.2, 0.25) is 0 Å². The maximum Gasteiger partial charge on any atom is 0.253 e. The van der Waals surface area contributed by atoms with Gasteiger partial charge in [-0.3, -0.25) is 9.69 Å². The average molecular weight is 421 g/mol. The number of amides is 1. The molecule has 166 valence electrons. The number of rotatable bonds is 5. The first-order valence-corrected chi connectivity index (χ1v) is 11.7. The van der Waals surface area contributed by atoms with E-state index in [2.05, 4.69) is 54.0 Å². The number of nitrogens with two attached hydrogens (primary N) is 1. The molecule has 0 saturated carbocycles. The molecule has 0 spiro atoms. The van der Waals surface area contributed by atoms with Crippen LogP contribution in [0.3, 0.4) is 0 Å². The van der Waals surface area contributed by atoms with E-state index in [9.17, 15) is 4.79 Å². The van der Waals surface area contributed by atoms with E-state index in [0.717, 1.165) is 64.2 Å². The Morgan fingerprint density at radius 3 is 2.26 bits per heavy atom. The quantitative estimate of drug-likeness (QED) is 0.746. The minimum atomic E-state index is 0.112. The van der Waals surface area contributed by atoms with E-state index in [1.54, 1.807) is 0 Å². The van der Waals surface area contributed by atoms with Gasteiger partial charge in [0, 0.05) is 50.9 Å². The fourth-order valence-corrected chi connectivity index (χ4v) is 4.92. The molecular weight excluding hydrogens is 384 g/mol. The van der Waals surface area contributed by atoms with Crippen molar-refractivity contribution in [3.63, 3.8) is 0 Å². The van der Waals surface area contributed by atoms with Gasteiger partial charge in [-0.25, -0.2) is 0 Å². The Bertz CT molecular complexity index is 866. The average Bonchev–Trinajstić information content (AvgIpc) is 2.80. The summed E-state index contributed by atoms with van der Waals surface area (Å²) in [6.45, 7) is 10.2. The summed E-state index contributed by atoms with van der Waals surface area (Å²) in [7, 11) is 0. The van der Waals surface area contributed by atoms with E-state index in [1.165, 1.54) is 5.56 Å². The molecule has 31 heavy (non-hydrogen) atoms. The summed E-state index contributed by atoms with van der Waals surface area (Å²) in [5, 5.41) is 0. The lowest BCUT2D eigenvalue weighted by Gasteiger charge is -2.38. The second-order valence-electron chi connectivity index (χ2n) is 9.32. The van der Waals surface area contributed by atoms with Gasteiger partial charge in [-0.2, -0.15) is 0 Å². The molecule has 5 heteroatoms. The van der Waals surface area contributed by atoms with E-state index in [0.29, 0.717) is 23.2 Å². The molecule has 2 aromatic carbocycles. The van der Waals surface area contributed by atoms with Gasteiger partial charge in [0.25, 0.3) is 5.91 Å². The second-order valence-corrected chi connectivity index (χ2v) is 9.32. The zero-order valence-corrected chi connectivity index (χ0v) is 19.0. The molecule has 2 saturated heterocycles. The van der Waals surface area contributed by atoms with Crippen LogP contribution in [0.15, 0.2) is 48.5 Å². The van der Waals surface area contributed by atoms with Crippen LogP contribution in [-0.4, -0.2) is 61.0 Å². The maximum atomic E-state index is 13.1. The molecule has 1 amide bonds. The highest BCUT2D eigenvalue weighted by molar-refractivity contribution is 5.96. The Balaban J connectivity index is 1.33. The maximum absolute atomic E-state index is 13.1. The fourth-order valence-electron chi connectivity index (χ4n) is 4.92. The van der Waals surface area contributed by atoms with Crippen molar-refractivity contribution in [1.29, 1.82) is 0 Å². The topological polar surface area (TPSA) is 52.8 Å². The van der Waals surface area contributed by atoms with E-state index in [1.807, 2.05) is 23.1 Å². The van der Waals surface area contributed by atoms with Crippen LogP contribution in [0.4, 0.5) is 11.4 Å². The molecule has 2 aromatic rings. The van der Waals surface area contributed by atoms with Crippen LogP contribution >= 0.6 is 0 Å². The third-order valence-electron chi connectivity index (χ3n) is 6.93. The van der Waals surface area contributed by atoms with Crippen LogP contribution in [0, 0.1) is 5.92 Å². The molecule has 0 unspecified atom stereocenters. The molecule has 2 aliphatic rings. The largest absolute Gasteiger partial charge is 0.397 e. The van der Waals surface area contributed by atoms with Crippen molar-refractivity contribution < 1.29 is 4.79 Å². The summed E-state index contributed by atoms with van der Waals surface area (Å²) < 4.78 is 0. The molecular formula is C26H36N4O. The van der Waals surface area contributed by atoms with E-state index >= 15 is 0 Å². The zero-order chi connectivity index (χ0) is 21.8. The number of likely N-dealkylation sites (tertiary alicyclic amines) is 1. The zero-order valence-electron chi connectivity index (χ0n) is 19.0. The van der Waals surface area contributed by atoms with Gasteiger partial charge >= 0.3 is 0 Å². The number of nitrogens with zero attached hydrogens (tertiary/aromatic N) is 3. The van der Waals surface area contributed by atoms with E-state index in [4.69, 9.17) is 5.73 Å². The third kappa shape index (κ3) is 5.21. The minimum Gasteiger partial charge on any atom is -0.397 e. The summed E-state index contributed by atoms with van der Waals surface area (Å²) in [5.41, 5.74) is 10.3. The fraction of sp³-hybridized carbons (Fsp3) is 0.500. The lowest BCUT2D eigenvalue weighted by molar-refractivity contribution is 0.0690. The van der Waals surface area contributed by atoms with E-state index in [-0.39, 0.29) is 5.91 Å². The Morgan fingerprint density at radius 1 is 0.968 bits per heavy atom. The second kappa shape index (κ2) is 9.73. The highest BCUT2D eigenvalue weighted by Crippen LogP contribution is 2.28. The van der Waals surface area contributed by atoms with Crippen molar-refractivity contribution in [3.8, 4) is 0 Å². The molecule has 2 heterocycles. The predicted octanol–water partition coefficient (Wildman–Crippen LogP) is 3.89. The number of benzene rings is 2. The van der Waals surface area contributed by atoms with Crippen molar-refractivity contribution in [2.24, 2.45) is 5.92 Å². The summed E-state index contributed by atoms with van der Waals surface area (Å²) in [4.78, 5) is 19.9. The van der Waals surface area contributed by atoms with Crippen LogP contribution in [0.1, 0.15) is 42.6 Å². The SMILES string of the molecule is CC(C)N1CCN(c2ccc(C(=O)N3CCC(Cc4ccccc4)CC3)cc2N)CC1. The Labute approximate surface area is 186 Å². The van der Waals surface area contributed by atoms with Gasteiger partial charge < -0.3 is 15.5 Å². The number of piperidine rings is 1. The van der Waals surface area contributed by atoms with Crippen molar-refractivity contribution in [2.45, 2.75) is 39.2 Å². The molecule has 0 aromatic heterocycles. The number of hydrogen-bond donors (Lipinski definition) is 1. The molecule has 5 nitrogen and oxygen atoms in total. The van der Waals surface area contributed by atoms with Crippen molar-refractivity contribution >= 4 is 17.3 Å². The Kier molecular flexibility index (Phi) is 6.81. The van der Waals surface area contributed by atoms with Gasteiger partial charge in [-0.1, -0.05) is 30.3 Å². The number of anilines is 2. The highest BCUT2D eigenvalue weighted by atomic mass is 16.2. The van der Waals surface area contributed by atoms with Crippen LogP contribution < -0.4 is 10.6 Å². The summed E-state index contributed by atoms with van der Waals surface area (Å²) in [6, 6.07) is 17.1. The van der Waals surface area contributed by atoms with Crippen molar-refractivity contribution in [2.75, 3.05) is 49.9 Å². The van der Waals surface area contributed by atoms with Crippen LogP contribution in [0.2, 0.25) is 0 Å². The summed E-state index contributed by atoms with van der Waals surface area (Å²) >= 11 is 0. The Morgan fingerprint density at radius 2 is 1.65 bits per heavy atom. The van der Waals surface area contributed by atoms with Crippen LogP contribution in [0.25, 0.3) is 0 Å². The van der Waals surface area contributed by atoms with Crippen LogP contribution in [0.5, 0.6) is 0 Å². The predicted molar refractivity (Wildman–Crippen MR) is 129 cm³/mol. The number of carbonyl (C=O) groups is 1. The number of nitrogen functional groups attached to an aromatic ring is 1. The third-order valence-corrected chi connectivity index (χ3v) is 6.93. The molecule has 0 aliphatic carbocycles. The van der Waals surface area contributed by atoms with E-state index < -0.39 is 0 Å². The summed E-state index contributed by atoms with van der Waals surface area (Å²) in [5.74, 6) is 0.768. The molecule has 0 bridgehead atoms. The van der Waals surface area contributed by atoms with Crippen molar-refractivity contribution in [1.82, 2.24) is 9.80 Å². The summed E-state index contributed by atoms with van der Waals surface area (Å²) in [6.07, 6.45) is 3.23. The first kappa shape index (κ1) is 21.7. The lowest BCUT2D eigenvalue weighted by atomic mass is 9.90. The minimum absolute atomic E-state index is 0.112. The molecule has 0 radical (unpaired) electrons. The molecule has 2 N–H and O–H groups in total. The normalized spacial score (nSPS) is 18.5. The number of hydrogen-bond acceptors (Lipinski definition) is 4. The van der Waals surface area contributed by atoms with Gasteiger partial charge in [0.15, 0.2) is 0 Å². The standard InChI is InChI=1S/C26H36N4O/c1-20(2)28-14-16-29(17-15-28)25-9-8-23(19-24(25)27)26(31)30-12-10-22(11-13-30)18-21-6-4-3-5-7-21/h3-9,19-20,22H,10-18,27H2,1-2H3. The van der Waals surface area contributed by atoms with Gasteiger partial charge in [-0.05, 0) is 62.8 Å². The van der Waals surface area contributed by atoms with Crippen LogP contribution in [-0.2, 0) is 6.42 Å². The molecule has 4 rings (SSSR count). The smallest absolute Gasteiger partial charge is 0.253 e. The monoisotopic (exact) mass is 420 g/mol. The first-order valence-electron chi connectivity index (χ1n) is 11.7. The molecule has 2 aliphatic heterocycles. The van der Waals surface area contributed by atoms with Crippen molar-refractivity contribution in [3.05, 3.63) is 59.7 Å². The first-order chi connectivity index (χ1) is 15.0.